The van der Waals surface area contributed by atoms with Crippen molar-refractivity contribution in [3.63, 3.8) is 0 Å². The molecule has 0 spiro atoms. The first-order valence-corrected chi connectivity index (χ1v) is 8.91. The molecule has 0 bridgehead atoms. The number of amides is 1. The highest BCUT2D eigenvalue weighted by atomic mass is 19.4. The number of hydrogen-bond acceptors (Lipinski definition) is 2. The molecule has 142 valence electrons. The largest absolute Gasteiger partial charge is 0.389 e. The van der Waals surface area contributed by atoms with Crippen LogP contribution in [0.15, 0.2) is 42.1 Å². The fourth-order valence-corrected chi connectivity index (χ4v) is 2.73. The number of rotatable bonds is 7. The van der Waals surface area contributed by atoms with E-state index in [1.165, 1.54) is 11.8 Å². The zero-order valence-electron chi connectivity index (χ0n) is 15.1. The van der Waals surface area contributed by atoms with E-state index in [9.17, 15) is 18.0 Å². The van der Waals surface area contributed by atoms with E-state index in [1.807, 2.05) is 6.92 Å². The number of halogens is 3. The molecule has 1 amide bonds. The highest BCUT2D eigenvalue weighted by Gasteiger charge is 2.26. The van der Waals surface area contributed by atoms with Crippen molar-refractivity contribution in [1.29, 1.82) is 0 Å². The Kier molecular flexibility index (Phi) is 7.00. The fourth-order valence-electron chi connectivity index (χ4n) is 2.73. The van der Waals surface area contributed by atoms with Gasteiger partial charge in [-0.3, -0.25) is 9.78 Å². The van der Waals surface area contributed by atoms with Gasteiger partial charge in [-0.2, -0.15) is 13.2 Å². The number of carbonyl (C=O) groups is 1. The Hall–Kier alpha value is -2.11. The van der Waals surface area contributed by atoms with Gasteiger partial charge in [-0.15, -0.1) is 0 Å². The minimum Gasteiger partial charge on any atom is -0.348 e. The number of aromatic nitrogens is 1. The summed E-state index contributed by atoms with van der Waals surface area (Å²) in [6.45, 7) is 3.97. The Morgan fingerprint density at radius 3 is 2.69 bits per heavy atom. The molecule has 1 aliphatic carbocycles. The van der Waals surface area contributed by atoms with Crippen LogP contribution in [0, 0.1) is 5.92 Å². The summed E-state index contributed by atoms with van der Waals surface area (Å²) in [4.78, 5) is 16.3. The predicted octanol–water partition coefficient (Wildman–Crippen LogP) is 5.06. The lowest BCUT2D eigenvalue weighted by Gasteiger charge is -2.15. The van der Waals surface area contributed by atoms with Crippen molar-refractivity contribution >= 4 is 5.91 Å². The first-order chi connectivity index (χ1) is 12.2. The minimum absolute atomic E-state index is 0.0617. The van der Waals surface area contributed by atoms with Gasteiger partial charge in [0.05, 0.1) is 11.7 Å². The second-order valence-electron chi connectivity index (χ2n) is 6.85. The lowest BCUT2D eigenvalue weighted by atomic mass is 9.96. The lowest BCUT2D eigenvalue weighted by molar-refractivity contribution is -0.134. The average Bonchev–Trinajstić information content (AvgIpc) is 2.59. The van der Waals surface area contributed by atoms with Crippen molar-refractivity contribution in [3.05, 3.63) is 53.4 Å². The highest BCUT2D eigenvalue weighted by Crippen LogP contribution is 2.22. The molecule has 2 atom stereocenters. The van der Waals surface area contributed by atoms with Gasteiger partial charge >= 0.3 is 6.18 Å². The topological polar surface area (TPSA) is 42.0 Å². The number of hydrogen-bond donors (Lipinski definition) is 1. The van der Waals surface area contributed by atoms with Crippen molar-refractivity contribution in [2.24, 2.45) is 5.92 Å². The Morgan fingerprint density at radius 1 is 1.35 bits per heavy atom. The highest BCUT2D eigenvalue weighted by molar-refractivity contribution is 5.76. The van der Waals surface area contributed by atoms with E-state index < -0.39 is 12.6 Å². The molecule has 0 saturated carbocycles. The Balaban J connectivity index is 1.78. The van der Waals surface area contributed by atoms with Crippen molar-refractivity contribution in [2.45, 2.75) is 58.2 Å². The number of aryl methyl sites for hydroxylation is 1. The summed E-state index contributed by atoms with van der Waals surface area (Å²) in [6, 6.07) is 3.02. The molecule has 0 radical (unpaired) electrons. The summed E-state index contributed by atoms with van der Waals surface area (Å²) in [5.74, 6) is 0.492. The summed E-state index contributed by atoms with van der Waals surface area (Å²) < 4.78 is 36.7. The van der Waals surface area contributed by atoms with Crippen LogP contribution in [0.3, 0.4) is 0 Å². The third-order valence-corrected chi connectivity index (χ3v) is 4.40. The molecule has 0 fully saturated rings. The molecule has 1 aliphatic rings. The van der Waals surface area contributed by atoms with Gasteiger partial charge in [0.15, 0.2) is 0 Å². The molecule has 2 unspecified atom stereocenters. The molecular formula is C20H25F3N2O. The number of nitrogens with one attached hydrogen (secondary N) is 1. The molecule has 6 heteroatoms. The van der Waals surface area contributed by atoms with Crippen LogP contribution in [-0.2, 0) is 11.2 Å². The fraction of sp³-hybridized carbons (Fsp3) is 0.500. The van der Waals surface area contributed by atoms with E-state index in [-0.39, 0.29) is 18.4 Å². The van der Waals surface area contributed by atoms with Crippen LogP contribution in [0.1, 0.15) is 56.8 Å². The summed E-state index contributed by atoms with van der Waals surface area (Å²) in [7, 11) is 0. The summed E-state index contributed by atoms with van der Waals surface area (Å²) in [5, 5.41) is 2.89. The summed E-state index contributed by atoms with van der Waals surface area (Å²) in [6.07, 6.45) is 4.85. The van der Waals surface area contributed by atoms with Gasteiger partial charge in [-0.05, 0) is 43.7 Å². The third-order valence-electron chi connectivity index (χ3n) is 4.40. The van der Waals surface area contributed by atoms with Crippen LogP contribution < -0.4 is 5.32 Å². The molecule has 26 heavy (non-hydrogen) atoms. The van der Waals surface area contributed by atoms with Crippen molar-refractivity contribution in [3.8, 4) is 0 Å². The first-order valence-electron chi connectivity index (χ1n) is 8.91. The maximum absolute atomic E-state index is 12.2. The van der Waals surface area contributed by atoms with Gasteiger partial charge in [-0.25, -0.2) is 0 Å². The van der Waals surface area contributed by atoms with Crippen LogP contribution in [0.2, 0.25) is 0 Å². The summed E-state index contributed by atoms with van der Waals surface area (Å²) in [5.41, 5.74) is 2.35. The molecule has 0 aliphatic heterocycles. The monoisotopic (exact) mass is 366 g/mol. The molecule has 1 aromatic rings. The molecule has 3 nitrogen and oxygen atoms in total. The molecule has 1 heterocycles. The van der Waals surface area contributed by atoms with E-state index in [1.54, 1.807) is 12.1 Å². The van der Waals surface area contributed by atoms with Gasteiger partial charge in [0.2, 0.25) is 5.91 Å². The zero-order chi connectivity index (χ0) is 19.2. The third kappa shape index (κ3) is 7.02. The van der Waals surface area contributed by atoms with E-state index in [0.29, 0.717) is 30.0 Å². The SMILES string of the molecule is CC1C=CC(CCC(=O)NC(C)c2ccc(CCC(F)(F)F)cn2)=CC1. The van der Waals surface area contributed by atoms with Crippen molar-refractivity contribution in [2.75, 3.05) is 0 Å². The molecular weight excluding hydrogens is 341 g/mol. The molecule has 1 N–H and O–H groups in total. The molecule has 2 rings (SSSR count). The number of carbonyl (C=O) groups excluding carboxylic acids is 1. The van der Waals surface area contributed by atoms with E-state index in [2.05, 4.69) is 35.5 Å². The Labute approximate surface area is 152 Å². The quantitative estimate of drug-likeness (QED) is 0.733. The van der Waals surface area contributed by atoms with Crippen LogP contribution in [0.25, 0.3) is 0 Å². The predicted molar refractivity (Wildman–Crippen MR) is 95.4 cm³/mol. The van der Waals surface area contributed by atoms with Gasteiger partial charge in [0.25, 0.3) is 0 Å². The van der Waals surface area contributed by atoms with Crippen LogP contribution in [0.4, 0.5) is 13.2 Å². The van der Waals surface area contributed by atoms with E-state index in [4.69, 9.17) is 0 Å². The molecule has 1 aromatic heterocycles. The molecule has 0 saturated heterocycles. The normalized spacial score (nSPS) is 18.3. The number of alkyl halides is 3. The second kappa shape index (κ2) is 9.01. The van der Waals surface area contributed by atoms with E-state index in [0.717, 1.165) is 6.42 Å². The van der Waals surface area contributed by atoms with Gasteiger partial charge in [0, 0.05) is 19.0 Å². The van der Waals surface area contributed by atoms with Gasteiger partial charge in [-0.1, -0.05) is 36.8 Å². The first kappa shape index (κ1) is 20.2. The van der Waals surface area contributed by atoms with Gasteiger partial charge in [0.1, 0.15) is 0 Å². The van der Waals surface area contributed by atoms with Crippen LogP contribution in [0.5, 0.6) is 0 Å². The van der Waals surface area contributed by atoms with E-state index >= 15 is 0 Å². The summed E-state index contributed by atoms with van der Waals surface area (Å²) >= 11 is 0. The average molecular weight is 366 g/mol. The van der Waals surface area contributed by atoms with Gasteiger partial charge < -0.3 is 5.32 Å². The standard InChI is InChI=1S/C20H25F3N2O/c1-14-3-5-16(6-4-14)8-10-19(26)25-15(2)18-9-7-17(13-24-18)11-12-20(21,22)23/h3,5-7,9,13-15H,4,8,10-12H2,1-2H3,(H,25,26). The minimum atomic E-state index is -4.17. The van der Waals surface area contributed by atoms with Crippen molar-refractivity contribution in [1.82, 2.24) is 10.3 Å². The van der Waals surface area contributed by atoms with Crippen LogP contribution >= 0.6 is 0 Å². The van der Waals surface area contributed by atoms with Crippen LogP contribution in [-0.4, -0.2) is 17.1 Å². The molecule has 0 aromatic carbocycles. The maximum Gasteiger partial charge on any atom is 0.389 e. The zero-order valence-corrected chi connectivity index (χ0v) is 15.1. The number of allylic oxidation sites excluding steroid dienone is 4. The number of nitrogens with zero attached hydrogens (tertiary/aromatic N) is 1. The Bertz CT molecular complexity index is 663. The Morgan fingerprint density at radius 2 is 2.12 bits per heavy atom. The lowest BCUT2D eigenvalue weighted by Crippen LogP contribution is -2.27. The second-order valence-corrected chi connectivity index (χ2v) is 6.85. The maximum atomic E-state index is 12.2. The smallest absolute Gasteiger partial charge is 0.348 e. The number of pyridine rings is 1. The van der Waals surface area contributed by atoms with Crippen molar-refractivity contribution < 1.29 is 18.0 Å².